The highest BCUT2D eigenvalue weighted by atomic mass is 79.9. The van der Waals surface area contributed by atoms with E-state index in [4.69, 9.17) is 0 Å². The zero-order chi connectivity index (χ0) is 25.2. The molecule has 0 N–H and O–H groups in total. The summed E-state index contributed by atoms with van der Waals surface area (Å²) in [6.07, 6.45) is 0. The van der Waals surface area contributed by atoms with E-state index < -0.39 is 0 Å². The Balaban J connectivity index is 1.33. The highest BCUT2D eigenvalue weighted by molar-refractivity contribution is 9.10. The molecular formula is C36H21BrS. The van der Waals surface area contributed by atoms with Crippen LogP contribution in [-0.4, -0.2) is 0 Å². The van der Waals surface area contributed by atoms with Crippen molar-refractivity contribution in [1.82, 2.24) is 0 Å². The van der Waals surface area contributed by atoms with Gasteiger partial charge in [0.1, 0.15) is 0 Å². The van der Waals surface area contributed by atoms with Gasteiger partial charge in [0.05, 0.1) is 4.88 Å². The summed E-state index contributed by atoms with van der Waals surface area (Å²) in [5, 5.41) is 11.7. The summed E-state index contributed by atoms with van der Waals surface area (Å²) in [5.41, 5.74) is 3.76. The number of halogens is 1. The van der Waals surface area contributed by atoms with Crippen LogP contribution in [0.1, 0.15) is 0 Å². The summed E-state index contributed by atoms with van der Waals surface area (Å²) in [5.74, 6) is 0. The fraction of sp³-hybridized carbons (Fsp3) is 0. The van der Waals surface area contributed by atoms with Crippen LogP contribution in [0.15, 0.2) is 132 Å². The first-order valence-corrected chi connectivity index (χ1v) is 14.4. The smallest absolute Gasteiger partial charge is 0.0503 e. The van der Waals surface area contributed by atoms with Gasteiger partial charge in [-0.25, -0.2) is 0 Å². The Morgan fingerprint density at radius 1 is 0.421 bits per heavy atom. The van der Waals surface area contributed by atoms with Gasteiger partial charge in [-0.05, 0) is 88.3 Å². The third-order valence-electron chi connectivity index (χ3n) is 7.74. The van der Waals surface area contributed by atoms with Gasteiger partial charge >= 0.3 is 0 Å². The number of rotatable bonds is 2. The summed E-state index contributed by atoms with van der Waals surface area (Å²) in [6, 6.07) is 46.6. The fourth-order valence-electron chi connectivity index (χ4n) is 5.93. The molecule has 178 valence electrons. The van der Waals surface area contributed by atoms with Crippen molar-refractivity contribution in [2.24, 2.45) is 0 Å². The number of fused-ring (bicyclic) bond motifs is 8. The van der Waals surface area contributed by atoms with Crippen molar-refractivity contribution in [1.29, 1.82) is 0 Å². The lowest BCUT2D eigenvalue weighted by Gasteiger charge is -2.12. The van der Waals surface area contributed by atoms with Crippen LogP contribution in [-0.2, 0) is 0 Å². The lowest BCUT2D eigenvalue weighted by molar-refractivity contribution is 1.70. The molecule has 0 nitrogen and oxygen atoms in total. The molecule has 0 radical (unpaired) electrons. The van der Waals surface area contributed by atoms with E-state index in [1.54, 1.807) is 0 Å². The number of thiophene rings is 1. The first-order chi connectivity index (χ1) is 18.8. The van der Waals surface area contributed by atoms with Gasteiger partial charge in [0.25, 0.3) is 0 Å². The van der Waals surface area contributed by atoms with Crippen molar-refractivity contribution in [3.63, 3.8) is 0 Å². The monoisotopic (exact) mass is 564 g/mol. The average molecular weight is 566 g/mol. The van der Waals surface area contributed by atoms with Crippen LogP contribution in [0.3, 0.4) is 0 Å². The van der Waals surface area contributed by atoms with Gasteiger partial charge in [0, 0.05) is 20.1 Å². The van der Waals surface area contributed by atoms with Crippen LogP contribution < -0.4 is 0 Å². The van der Waals surface area contributed by atoms with E-state index >= 15 is 0 Å². The van der Waals surface area contributed by atoms with E-state index in [1.807, 2.05) is 11.3 Å². The minimum absolute atomic E-state index is 1.17. The number of hydrogen-bond acceptors (Lipinski definition) is 1. The Kier molecular flexibility index (Phi) is 4.95. The molecule has 0 aliphatic rings. The van der Waals surface area contributed by atoms with Gasteiger partial charge in [-0.3, -0.25) is 0 Å². The van der Waals surface area contributed by atoms with Gasteiger partial charge in [0.2, 0.25) is 0 Å². The van der Waals surface area contributed by atoms with E-state index in [2.05, 4.69) is 143 Å². The van der Waals surface area contributed by atoms with Crippen molar-refractivity contribution in [3.8, 4) is 21.6 Å². The Morgan fingerprint density at radius 3 is 1.66 bits per heavy atom. The quantitative estimate of drug-likeness (QED) is 0.183. The maximum absolute atomic E-state index is 3.99. The molecule has 8 rings (SSSR count). The van der Waals surface area contributed by atoms with E-state index in [0.717, 1.165) is 0 Å². The summed E-state index contributed by atoms with van der Waals surface area (Å²) in [6.45, 7) is 0. The molecule has 0 saturated carbocycles. The lowest BCUT2D eigenvalue weighted by atomic mass is 9.92. The summed E-state index contributed by atoms with van der Waals surface area (Å²) < 4.78 is 2.47. The molecule has 0 fully saturated rings. The molecule has 38 heavy (non-hydrogen) atoms. The molecule has 0 unspecified atom stereocenters. The molecule has 0 aliphatic carbocycles. The largest absolute Gasteiger partial charge is 0.134 e. The molecule has 0 aliphatic heterocycles. The van der Waals surface area contributed by atoms with E-state index in [0.29, 0.717) is 0 Å². The molecule has 0 spiro atoms. The van der Waals surface area contributed by atoms with Crippen LogP contribution in [0.25, 0.3) is 74.7 Å². The lowest BCUT2D eigenvalue weighted by Crippen LogP contribution is -1.85. The second-order valence-electron chi connectivity index (χ2n) is 9.83. The molecule has 0 atom stereocenters. The van der Waals surface area contributed by atoms with Gasteiger partial charge < -0.3 is 0 Å². The number of hydrogen-bond donors (Lipinski definition) is 0. The topological polar surface area (TPSA) is 0 Å². The third-order valence-corrected chi connectivity index (χ3v) is 10.0. The summed E-state index contributed by atoms with van der Waals surface area (Å²) >= 11 is 5.85. The van der Waals surface area contributed by atoms with Crippen LogP contribution in [0.4, 0.5) is 0 Å². The second-order valence-corrected chi connectivity index (χ2v) is 11.7. The zero-order valence-electron chi connectivity index (χ0n) is 20.4. The van der Waals surface area contributed by atoms with E-state index in [9.17, 15) is 0 Å². The molecule has 0 bridgehead atoms. The molecule has 1 heterocycles. The van der Waals surface area contributed by atoms with E-state index in [-0.39, 0.29) is 0 Å². The standard InChI is InChI=1S/C36H21BrS/c37-35-33-21-24(17-19-34(33)38-36(35)31-15-7-9-22-8-1-2-10-25(22)31)23-16-18-30-28-13-4-3-11-26(28)27-12-5-6-14-29(27)32(30)20-23/h1-21H. The average Bonchev–Trinajstić information content (AvgIpc) is 3.32. The molecule has 1 aromatic heterocycles. The first kappa shape index (κ1) is 22.0. The van der Waals surface area contributed by atoms with Crippen molar-refractivity contribution >= 4 is 80.4 Å². The normalized spacial score (nSPS) is 11.8. The predicted octanol–water partition coefficient (Wildman–Crippen LogP) is 11.6. The van der Waals surface area contributed by atoms with Gasteiger partial charge in [-0.1, -0.05) is 109 Å². The van der Waals surface area contributed by atoms with Gasteiger partial charge in [-0.15, -0.1) is 11.3 Å². The Labute approximate surface area is 232 Å². The van der Waals surface area contributed by atoms with Crippen LogP contribution in [0.2, 0.25) is 0 Å². The molecule has 2 heteroatoms. The predicted molar refractivity (Wildman–Crippen MR) is 170 cm³/mol. The minimum Gasteiger partial charge on any atom is -0.134 e. The van der Waals surface area contributed by atoms with Gasteiger partial charge in [0.15, 0.2) is 0 Å². The van der Waals surface area contributed by atoms with Crippen LogP contribution >= 0.6 is 27.3 Å². The van der Waals surface area contributed by atoms with Crippen molar-refractivity contribution in [2.75, 3.05) is 0 Å². The number of benzene rings is 7. The van der Waals surface area contributed by atoms with Crippen LogP contribution in [0.5, 0.6) is 0 Å². The maximum Gasteiger partial charge on any atom is 0.0503 e. The van der Waals surface area contributed by atoms with E-state index in [1.165, 1.54) is 79.2 Å². The minimum atomic E-state index is 1.17. The Hall–Kier alpha value is -3.98. The fourth-order valence-corrected chi connectivity index (χ4v) is 7.96. The molecule has 7 aromatic carbocycles. The Morgan fingerprint density at radius 2 is 0.947 bits per heavy atom. The van der Waals surface area contributed by atoms with Crippen molar-refractivity contribution in [3.05, 3.63) is 132 Å². The molecule has 0 saturated heterocycles. The summed E-state index contributed by atoms with van der Waals surface area (Å²) in [4.78, 5) is 1.28. The SMILES string of the molecule is Brc1c(-c2cccc3ccccc23)sc2ccc(-c3ccc4c5ccccc5c5ccccc5c4c3)cc12. The maximum atomic E-state index is 3.99. The third kappa shape index (κ3) is 3.27. The first-order valence-electron chi connectivity index (χ1n) is 12.8. The van der Waals surface area contributed by atoms with Gasteiger partial charge in [-0.2, -0.15) is 0 Å². The highest BCUT2D eigenvalue weighted by Gasteiger charge is 2.15. The zero-order valence-corrected chi connectivity index (χ0v) is 22.8. The summed E-state index contributed by atoms with van der Waals surface area (Å²) in [7, 11) is 0. The van der Waals surface area contributed by atoms with Crippen molar-refractivity contribution in [2.45, 2.75) is 0 Å². The van der Waals surface area contributed by atoms with Crippen molar-refractivity contribution < 1.29 is 0 Å². The highest BCUT2D eigenvalue weighted by Crippen LogP contribution is 2.46. The molecule has 0 amide bonds. The molecule has 8 aromatic rings. The Bertz CT molecular complexity index is 2160. The molecular weight excluding hydrogens is 544 g/mol. The second kappa shape index (κ2) is 8.52. The van der Waals surface area contributed by atoms with Crippen LogP contribution in [0, 0.1) is 0 Å².